The van der Waals surface area contributed by atoms with Crippen molar-refractivity contribution in [2.24, 2.45) is 0 Å². The summed E-state index contributed by atoms with van der Waals surface area (Å²) < 4.78 is 1.86. The number of aromatic nitrogens is 2. The molecule has 0 spiro atoms. The fourth-order valence-electron chi connectivity index (χ4n) is 2.93. The topological polar surface area (TPSA) is 41.4 Å². The third-order valence-electron chi connectivity index (χ3n) is 4.46. The number of likely N-dealkylation sites (N-methyl/N-ethyl adjacent to an activating group) is 1. The van der Waals surface area contributed by atoms with Gasteiger partial charge in [0.2, 0.25) is 5.91 Å². The Kier molecular flexibility index (Phi) is 5.08. The van der Waals surface area contributed by atoms with E-state index < -0.39 is 0 Å². The molecule has 2 heterocycles. The third-order valence-corrected chi connectivity index (χ3v) is 4.46. The average Bonchev–Trinajstić information content (AvgIpc) is 3.09. The minimum Gasteiger partial charge on any atom is -0.340 e. The maximum absolute atomic E-state index is 12.3. The summed E-state index contributed by atoms with van der Waals surface area (Å²) in [7, 11) is 0. The fourth-order valence-corrected chi connectivity index (χ4v) is 2.93. The van der Waals surface area contributed by atoms with E-state index in [4.69, 9.17) is 0 Å². The highest BCUT2D eigenvalue weighted by Crippen LogP contribution is 2.11. The van der Waals surface area contributed by atoms with Crippen molar-refractivity contribution < 1.29 is 4.79 Å². The van der Waals surface area contributed by atoms with Crippen LogP contribution in [-0.4, -0.2) is 58.2 Å². The summed E-state index contributed by atoms with van der Waals surface area (Å²) in [4.78, 5) is 16.7. The van der Waals surface area contributed by atoms with Gasteiger partial charge in [-0.15, -0.1) is 0 Å². The Morgan fingerprint density at radius 1 is 1.13 bits per heavy atom. The number of carbonyl (C=O) groups is 1. The minimum atomic E-state index is 0.258. The van der Waals surface area contributed by atoms with E-state index in [0.29, 0.717) is 6.42 Å². The van der Waals surface area contributed by atoms with Crippen molar-refractivity contribution in [2.45, 2.75) is 19.8 Å². The SMILES string of the molecule is CCN1CCN(C(=O)CCc2cnn(-c3ccccc3)c2)CC1. The standard InChI is InChI=1S/C18H24N4O/c1-2-20-10-12-21(13-11-20)18(23)9-8-16-14-19-22(15-16)17-6-4-3-5-7-17/h3-7,14-15H,2,8-13H2,1H3. The first-order valence-electron chi connectivity index (χ1n) is 8.35. The van der Waals surface area contributed by atoms with Crippen LogP contribution in [0.2, 0.25) is 0 Å². The molecule has 5 heteroatoms. The summed E-state index contributed by atoms with van der Waals surface area (Å²) in [5, 5.41) is 4.38. The number of nitrogens with zero attached hydrogens (tertiary/aromatic N) is 4. The molecular weight excluding hydrogens is 288 g/mol. The molecule has 5 nitrogen and oxygen atoms in total. The summed E-state index contributed by atoms with van der Waals surface area (Å²) in [5.74, 6) is 0.258. The lowest BCUT2D eigenvalue weighted by Crippen LogP contribution is -2.48. The van der Waals surface area contributed by atoms with E-state index in [1.807, 2.05) is 52.3 Å². The van der Waals surface area contributed by atoms with Crippen LogP contribution < -0.4 is 0 Å². The van der Waals surface area contributed by atoms with Crippen molar-refractivity contribution in [1.29, 1.82) is 0 Å². The zero-order chi connectivity index (χ0) is 16.1. The van der Waals surface area contributed by atoms with E-state index in [1.54, 1.807) is 0 Å². The van der Waals surface area contributed by atoms with Gasteiger partial charge in [-0.05, 0) is 30.7 Å². The second-order valence-electron chi connectivity index (χ2n) is 5.94. The van der Waals surface area contributed by atoms with Crippen molar-refractivity contribution in [3.63, 3.8) is 0 Å². The Labute approximate surface area is 137 Å². The molecule has 1 aliphatic rings. The van der Waals surface area contributed by atoms with Gasteiger partial charge in [0.25, 0.3) is 0 Å². The molecule has 0 atom stereocenters. The van der Waals surface area contributed by atoms with Crippen molar-refractivity contribution in [3.8, 4) is 5.69 Å². The van der Waals surface area contributed by atoms with Gasteiger partial charge < -0.3 is 9.80 Å². The van der Waals surface area contributed by atoms with Crippen molar-refractivity contribution in [1.82, 2.24) is 19.6 Å². The van der Waals surface area contributed by atoms with Crippen LogP contribution in [0.4, 0.5) is 0 Å². The molecule has 0 aliphatic carbocycles. The molecule has 3 rings (SSSR count). The van der Waals surface area contributed by atoms with Crippen LogP contribution in [0.1, 0.15) is 18.9 Å². The fraction of sp³-hybridized carbons (Fsp3) is 0.444. The number of hydrogen-bond donors (Lipinski definition) is 0. The van der Waals surface area contributed by atoms with Gasteiger partial charge in [-0.1, -0.05) is 25.1 Å². The highest BCUT2D eigenvalue weighted by molar-refractivity contribution is 5.76. The van der Waals surface area contributed by atoms with Crippen molar-refractivity contribution >= 4 is 5.91 Å². The van der Waals surface area contributed by atoms with Gasteiger partial charge in [-0.3, -0.25) is 4.79 Å². The first-order valence-corrected chi connectivity index (χ1v) is 8.35. The zero-order valence-electron chi connectivity index (χ0n) is 13.7. The maximum atomic E-state index is 12.3. The van der Waals surface area contributed by atoms with E-state index in [-0.39, 0.29) is 5.91 Å². The van der Waals surface area contributed by atoms with E-state index in [0.717, 1.165) is 50.4 Å². The van der Waals surface area contributed by atoms with Gasteiger partial charge in [-0.2, -0.15) is 5.10 Å². The Morgan fingerprint density at radius 3 is 2.57 bits per heavy atom. The van der Waals surface area contributed by atoms with Gasteiger partial charge in [0.1, 0.15) is 0 Å². The van der Waals surface area contributed by atoms with Crippen molar-refractivity contribution in [3.05, 3.63) is 48.3 Å². The van der Waals surface area contributed by atoms with Gasteiger partial charge in [0.15, 0.2) is 0 Å². The summed E-state index contributed by atoms with van der Waals surface area (Å²) in [6.07, 6.45) is 5.18. The molecule has 2 aromatic rings. The molecule has 23 heavy (non-hydrogen) atoms. The van der Waals surface area contributed by atoms with E-state index >= 15 is 0 Å². The normalized spacial score (nSPS) is 15.8. The predicted molar refractivity (Wildman–Crippen MR) is 90.6 cm³/mol. The number of carbonyl (C=O) groups excluding carboxylic acids is 1. The predicted octanol–water partition coefficient (Wildman–Crippen LogP) is 1.97. The van der Waals surface area contributed by atoms with E-state index in [9.17, 15) is 4.79 Å². The van der Waals surface area contributed by atoms with Gasteiger partial charge in [0.05, 0.1) is 11.9 Å². The van der Waals surface area contributed by atoms with Gasteiger partial charge in [-0.25, -0.2) is 4.68 Å². The van der Waals surface area contributed by atoms with Crippen LogP contribution in [0, 0.1) is 0 Å². The number of benzene rings is 1. The number of hydrogen-bond acceptors (Lipinski definition) is 3. The molecule has 0 unspecified atom stereocenters. The molecule has 1 aliphatic heterocycles. The molecule has 1 aromatic heterocycles. The number of amides is 1. The number of piperazine rings is 1. The molecule has 1 amide bonds. The molecule has 1 aromatic carbocycles. The second-order valence-corrected chi connectivity index (χ2v) is 5.94. The molecule has 122 valence electrons. The monoisotopic (exact) mass is 312 g/mol. The second kappa shape index (κ2) is 7.42. The number of aryl methyl sites for hydroxylation is 1. The largest absolute Gasteiger partial charge is 0.340 e. The Morgan fingerprint density at radius 2 is 1.87 bits per heavy atom. The molecule has 0 saturated carbocycles. The van der Waals surface area contributed by atoms with Crippen LogP contribution in [0.15, 0.2) is 42.7 Å². The highest BCUT2D eigenvalue weighted by atomic mass is 16.2. The third kappa shape index (κ3) is 3.99. The Balaban J connectivity index is 1.51. The minimum absolute atomic E-state index is 0.258. The maximum Gasteiger partial charge on any atom is 0.222 e. The molecule has 1 saturated heterocycles. The first kappa shape index (κ1) is 15.7. The smallest absolute Gasteiger partial charge is 0.222 e. The lowest BCUT2D eigenvalue weighted by Gasteiger charge is -2.34. The lowest BCUT2D eigenvalue weighted by molar-refractivity contribution is -0.132. The van der Waals surface area contributed by atoms with Crippen molar-refractivity contribution in [2.75, 3.05) is 32.7 Å². The average molecular weight is 312 g/mol. The Hall–Kier alpha value is -2.14. The van der Waals surface area contributed by atoms with Crippen LogP contribution >= 0.6 is 0 Å². The first-order chi connectivity index (χ1) is 11.3. The summed E-state index contributed by atoms with van der Waals surface area (Å²) in [6.45, 7) is 6.94. The molecule has 0 bridgehead atoms. The lowest BCUT2D eigenvalue weighted by atomic mass is 10.1. The van der Waals surface area contributed by atoms with Crippen LogP contribution in [0.5, 0.6) is 0 Å². The van der Waals surface area contributed by atoms with E-state index in [1.165, 1.54) is 0 Å². The zero-order valence-corrected chi connectivity index (χ0v) is 13.7. The van der Waals surface area contributed by atoms with Crippen LogP contribution in [0.3, 0.4) is 0 Å². The molecular formula is C18H24N4O. The molecule has 0 N–H and O–H groups in total. The van der Waals surface area contributed by atoms with Gasteiger partial charge in [0, 0.05) is 38.8 Å². The molecule has 1 fully saturated rings. The summed E-state index contributed by atoms with van der Waals surface area (Å²) in [6, 6.07) is 10.0. The Bertz CT molecular complexity index is 629. The van der Waals surface area contributed by atoms with E-state index in [2.05, 4.69) is 16.9 Å². The number of para-hydroxylation sites is 1. The summed E-state index contributed by atoms with van der Waals surface area (Å²) in [5.41, 5.74) is 2.15. The number of rotatable bonds is 5. The van der Waals surface area contributed by atoms with Gasteiger partial charge >= 0.3 is 0 Å². The van der Waals surface area contributed by atoms with Crippen LogP contribution in [-0.2, 0) is 11.2 Å². The highest BCUT2D eigenvalue weighted by Gasteiger charge is 2.19. The summed E-state index contributed by atoms with van der Waals surface area (Å²) >= 11 is 0. The van der Waals surface area contributed by atoms with Crippen LogP contribution in [0.25, 0.3) is 5.69 Å². The quantitative estimate of drug-likeness (QED) is 0.847. The molecule has 0 radical (unpaired) electrons.